The van der Waals surface area contributed by atoms with Crippen LogP contribution in [-0.2, 0) is 21.2 Å². The summed E-state index contributed by atoms with van der Waals surface area (Å²) in [4.78, 5) is 13.1. The Bertz CT molecular complexity index is 1430. The van der Waals surface area contributed by atoms with Crippen molar-refractivity contribution in [3.63, 3.8) is 0 Å². The normalized spacial score (nSPS) is 11.4. The predicted octanol–water partition coefficient (Wildman–Crippen LogP) is 4.59. The molecule has 3 aromatic carbocycles. The van der Waals surface area contributed by atoms with Crippen LogP contribution in [0.2, 0.25) is 5.02 Å². The molecule has 0 aliphatic carbocycles. The van der Waals surface area contributed by atoms with Gasteiger partial charge in [-0.25, -0.2) is 17.8 Å². The first-order valence-corrected chi connectivity index (χ1v) is 12.4. The van der Waals surface area contributed by atoms with E-state index in [0.29, 0.717) is 22.0 Å². The first kappa shape index (κ1) is 23.7. The molecule has 2 N–H and O–H groups in total. The number of anilines is 1. The average Bonchev–Trinajstić information content (AvgIpc) is 3.24. The van der Waals surface area contributed by atoms with Crippen molar-refractivity contribution in [1.29, 1.82) is 0 Å². The summed E-state index contributed by atoms with van der Waals surface area (Å²) in [6.07, 6.45) is 1.87. The zero-order valence-corrected chi connectivity index (χ0v) is 20.2. The molecule has 0 saturated heterocycles. The first-order valence-electron chi connectivity index (χ1n) is 10.5. The molecular weight excluding hydrogens is 472 g/mol. The lowest BCUT2D eigenvalue weighted by molar-refractivity contribution is -0.115. The summed E-state index contributed by atoms with van der Waals surface area (Å²) in [7, 11) is -2.30. The van der Waals surface area contributed by atoms with Crippen LogP contribution in [0.4, 0.5) is 5.69 Å². The highest BCUT2D eigenvalue weighted by molar-refractivity contribution is 7.89. The zero-order chi connectivity index (χ0) is 24.3. The van der Waals surface area contributed by atoms with E-state index < -0.39 is 10.0 Å². The van der Waals surface area contributed by atoms with E-state index in [2.05, 4.69) is 10.0 Å². The van der Waals surface area contributed by atoms with Crippen molar-refractivity contribution in [3.05, 3.63) is 95.1 Å². The molecule has 0 atom stereocenters. The maximum atomic E-state index is 12.9. The third kappa shape index (κ3) is 5.20. The number of halogens is 1. The monoisotopic (exact) mass is 494 g/mol. The highest BCUT2D eigenvalue weighted by Gasteiger charge is 2.18. The van der Waals surface area contributed by atoms with Crippen molar-refractivity contribution >= 4 is 33.2 Å². The number of rotatable bonds is 7. The molecule has 0 aliphatic rings. The highest BCUT2D eigenvalue weighted by atomic mass is 35.5. The summed E-state index contributed by atoms with van der Waals surface area (Å²) in [5.41, 5.74) is 4.07. The molecule has 0 unspecified atom stereocenters. The van der Waals surface area contributed by atoms with Crippen LogP contribution < -0.4 is 10.0 Å². The Morgan fingerprint density at radius 1 is 1.03 bits per heavy atom. The highest BCUT2D eigenvalue weighted by Crippen LogP contribution is 2.26. The summed E-state index contributed by atoms with van der Waals surface area (Å²) in [6, 6.07) is 21.7. The molecule has 34 heavy (non-hydrogen) atoms. The van der Waals surface area contributed by atoms with Crippen LogP contribution >= 0.6 is 11.6 Å². The number of para-hydroxylation sites is 1. The smallest absolute Gasteiger partial charge is 0.240 e. The van der Waals surface area contributed by atoms with Gasteiger partial charge in [-0.3, -0.25) is 4.79 Å². The molecule has 7 nitrogen and oxygen atoms in total. The van der Waals surface area contributed by atoms with Gasteiger partial charge in [-0.05, 0) is 55.9 Å². The number of nitrogens with one attached hydrogen (secondary N) is 2. The number of aromatic nitrogens is 2. The van der Waals surface area contributed by atoms with Gasteiger partial charge in [-0.15, -0.1) is 0 Å². The number of aryl methyl sites for hydroxylation is 1. The number of amides is 1. The lowest BCUT2D eigenvalue weighted by Crippen LogP contribution is -2.20. The van der Waals surface area contributed by atoms with E-state index >= 15 is 0 Å². The topological polar surface area (TPSA) is 93.1 Å². The van der Waals surface area contributed by atoms with Crippen LogP contribution in [0.25, 0.3) is 16.9 Å². The SMILES string of the molecule is CNS(=O)(=O)c1cc(NC(=O)Cc2cn(-c3ccccc3)nc2-c2ccc(Cl)cc2)ccc1C. The molecule has 0 saturated carbocycles. The van der Waals surface area contributed by atoms with Gasteiger partial charge in [0.05, 0.1) is 22.7 Å². The number of hydrogen-bond acceptors (Lipinski definition) is 4. The average molecular weight is 495 g/mol. The predicted molar refractivity (Wildman–Crippen MR) is 134 cm³/mol. The fraction of sp³-hybridized carbons (Fsp3) is 0.120. The molecule has 0 radical (unpaired) electrons. The Hall–Kier alpha value is -3.46. The van der Waals surface area contributed by atoms with Crippen molar-refractivity contribution in [2.45, 2.75) is 18.2 Å². The third-order valence-corrected chi connectivity index (χ3v) is 7.12. The van der Waals surface area contributed by atoms with Gasteiger partial charge in [0.15, 0.2) is 0 Å². The van der Waals surface area contributed by atoms with E-state index in [1.54, 1.807) is 35.9 Å². The van der Waals surface area contributed by atoms with Crippen LogP contribution in [0.15, 0.2) is 83.9 Å². The standard InChI is InChI=1S/C25H23ClN4O3S/c1-17-8-13-21(15-23(17)34(32,33)27-2)28-24(31)14-19-16-30(22-6-4-3-5-7-22)29-25(19)18-9-11-20(26)12-10-18/h3-13,15-16,27H,14H2,1-2H3,(H,28,31). The Balaban J connectivity index is 1.64. The molecule has 0 aliphatic heterocycles. The third-order valence-electron chi connectivity index (χ3n) is 5.31. The molecule has 0 spiro atoms. The van der Waals surface area contributed by atoms with Gasteiger partial charge in [0.25, 0.3) is 0 Å². The maximum absolute atomic E-state index is 12.9. The van der Waals surface area contributed by atoms with Crippen LogP contribution in [0.1, 0.15) is 11.1 Å². The van der Waals surface area contributed by atoms with Crippen molar-refractivity contribution in [3.8, 4) is 16.9 Å². The van der Waals surface area contributed by atoms with Gasteiger partial charge < -0.3 is 5.32 Å². The van der Waals surface area contributed by atoms with Gasteiger partial charge in [-0.1, -0.05) is 48.0 Å². The minimum Gasteiger partial charge on any atom is -0.326 e. The van der Waals surface area contributed by atoms with Crippen molar-refractivity contribution in [2.75, 3.05) is 12.4 Å². The van der Waals surface area contributed by atoms with E-state index in [4.69, 9.17) is 16.7 Å². The molecule has 9 heteroatoms. The molecule has 174 valence electrons. The second kappa shape index (κ2) is 9.80. The van der Waals surface area contributed by atoms with Crippen molar-refractivity contribution in [2.24, 2.45) is 0 Å². The number of nitrogens with zero attached hydrogens (tertiary/aromatic N) is 2. The van der Waals surface area contributed by atoms with E-state index in [0.717, 1.165) is 16.8 Å². The quantitative estimate of drug-likeness (QED) is 0.393. The number of benzene rings is 3. The Morgan fingerprint density at radius 2 is 1.74 bits per heavy atom. The lowest BCUT2D eigenvalue weighted by atomic mass is 10.1. The fourth-order valence-corrected chi connectivity index (χ4v) is 4.68. The van der Waals surface area contributed by atoms with Crippen LogP contribution in [0.5, 0.6) is 0 Å². The number of carbonyl (C=O) groups is 1. The van der Waals surface area contributed by atoms with E-state index in [1.807, 2.05) is 48.7 Å². The van der Waals surface area contributed by atoms with Crippen molar-refractivity contribution in [1.82, 2.24) is 14.5 Å². The minimum absolute atomic E-state index is 0.0484. The fourth-order valence-electron chi connectivity index (χ4n) is 3.56. The summed E-state index contributed by atoms with van der Waals surface area (Å²) >= 11 is 6.04. The second-order valence-electron chi connectivity index (χ2n) is 7.70. The largest absolute Gasteiger partial charge is 0.326 e. The summed E-state index contributed by atoms with van der Waals surface area (Å²) in [6.45, 7) is 1.70. The maximum Gasteiger partial charge on any atom is 0.240 e. The Morgan fingerprint density at radius 3 is 2.41 bits per heavy atom. The van der Waals surface area contributed by atoms with Crippen LogP contribution in [0.3, 0.4) is 0 Å². The van der Waals surface area contributed by atoms with Crippen molar-refractivity contribution < 1.29 is 13.2 Å². The molecular formula is C25H23ClN4O3S. The summed E-state index contributed by atoms with van der Waals surface area (Å²) < 4.78 is 28.6. The molecule has 1 amide bonds. The van der Waals surface area contributed by atoms with Crippen LogP contribution in [0, 0.1) is 6.92 Å². The molecule has 4 aromatic rings. The zero-order valence-electron chi connectivity index (χ0n) is 18.6. The Kier molecular flexibility index (Phi) is 6.83. The number of hydrogen-bond donors (Lipinski definition) is 2. The van der Waals surface area contributed by atoms with Gasteiger partial charge >= 0.3 is 0 Å². The van der Waals surface area contributed by atoms with E-state index in [1.165, 1.54) is 13.1 Å². The summed E-state index contributed by atoms with van der Waals surface area (Å²) in [5, 5.41) is 8.13. The van der Waals surface area contributed by atoms with Crippen LogP contribution in [-0.4, -0.2) is 31.2 Å². The van der Waals surface area contributed by atoms with Gasteiger partial charge in [0.2, 0.25) is 15.9 Å². The van der Waals surface area contributed by atoms with Gasteiger partial charge in [0.1, 0.15) is 0 Å². The first-order chi connectivity index (χ1) is 16.3. The molecule has 0 fully saturated rings. The molecule has 1 heterocycles. The molecule has 1 aromatic heterocycles. The number of carbonyl (C=O) groups excluding carboxylic acids is 1. The second-order valence-corrected chi connectivity index (χ2v) is 9.99. The Labute approximate surface area is 203 Å². The van der Waals surface area contributed by atoms with Gasteiger partial charge in [0, 0.05) is 28.0 Å². The lowest BCUT2D eigenvalue weighted by Gasteiger charge is -2.10. The number of sulfonamides is 1. The van der Waals surface area contributed by atoms with E-state index in [9.17, 15) is 13.2 Å². The minimum atomic E-state index is -3.65. The summed E-state index contributed by atoms with van der Waals surface area (Å²) in [5.74, 6) is -0.292. The van der Waals surface area contributed by atoms with Gasteiger partial charge in [-0.2, -0.15) is 5.10 Å². The molecule has 0 bridgehead atoms. The van der Waals surface area contributed by atoms with E-state index in [-0.39, 0.29) is 17.2 Å². The molecule has 4 rings (SSSR count).